The summed E-state index contributed by atoms with van der Waals surface area (Å²) in [6, 6.07) is 3.14. The zero-order chi connectivity index (χ0) is 14.7. The molecular formula is C14H17ClINO3. The fourth-order valence-electron chi connectivity index (χ4n) is 2.40. The van der Waals surface area contributed by atoms with Crippen LogP contribution >= 0.6 is 34.2 Å². The van der Waals surface area contributed by atoms with E-state index in [-0.39, 0.29) is 11.9 Å². The molecule has 4 nitrogen and oxygen atoms in total. The van der Waals surface area contributed by atoms with Crippen LogP contribution in [-0.4, -0.2) is 30.3 Å². The molecule has 6 heteroatoms. The molecule has 1 aromatic rings. The molecule has 0 bridgehead atoms. The van der Waals surface area contributed by atoms with Crippen molar-refractivity contribution >= 4 is 40.1 Å². The molecule has 1 amide bonds. The quantitative estimate of drug-likeness (QED) is 0.755. The molecule has 2 N–H and O–H groups in total. The van der Waals surface area contributed by atoms with Gasteiger partial charge in [0.2, 0.25) is 0 Å². The maximum Gasteiger partial charge on any atom is 0.255 e. The van der Waals surface area contributed by atoms with Crippen LogP contribution in [0.4, 0.5) is 0 Å². The maximum atomic E-state index is 12.3. The van der Waals surface area contributed by atoms with Gasteiger partial charge in [-0.1, -0.05) is 24.4 Å². The Kier molecular flexibility index (Phi) is 5.51. The highest BCUT2D eigenvalue weighted by Gasteiger charge is 2.26. The van der Waals surface area contributed by atoms with Crippen LogP contribution in [0.15, 0.2) is 12.1 Å². The lowest BCUT2D eigenvalue weighted by molar-refractivity contribution is 0.0715. The summed E-state index contributed by atoms with van der Waals surface area (Å²) in [7, 11) is 1.52. The van der Waals surface area contributed by atoms with E-state index < -0.39 is 6.10 Å². The van der Waals surface area contributed by atoms with Gasteiger partial charge < -0.3 is 15.2 Å². The zero-order valence-corrected chi connectivity index (χ0v) is 14.1. The van der Waals surface area contributed by atoms with Crippen LogP contribution in [0.3, 0.4) is 0 Å². The highest BCUT2D eigenvalue weighted by atomic mass is 127. The average molecular weight is 410 g/mol. The van der Waals surface area contributed by atoms with Gasteiger partial charge >= 0.3 is 0 Å². The molecule has 1 saturated carbocycles. The number of nitrogens with one attached hydrogen (secondary N) is 1. The Morgan fingerprint density at radius 3 is 2.80 bits per heavy atom. The Morgan fingerprint density at radius 1 is 1.45 bits per heavy atom. The van der Waals surface area contributed by atoms with E-state index in [4.69, 9.17) is 16.3 Å². The molecule has 0 saturated heterocycles. The number of halogens is 2. The molecule has 0 unspecified atom stereocenters. The van der Waals surface area contributed by atoms with E-state index in [1.165, 1.54) is 7.11 Å². The van der Waals surface area contributed by atoms with Crippen molar-refractivity contribution in [1.82, 2.24) is 5.32 Å². The van der Waals surface area contributed by atoms with Crippen molar-refractivity contribution in [2.75, 3.05) is 7.11 Å². The van der Waals surface area contributed by atoms with Crippen LogP contribution in [0.1, 0.15) is 36.0 Å². The van der Waals surface area contributed by atoms with Gasteiger partial charge in [-0.05, 0) is 47.6 Å². The number of aliphatic hydroxyl groups is 1. The second kappa shape index (κ2) is 6.95. The van der Waals surface area contributed by atoms with Gasteiger partial charge in [-0.3, -0.25) is 4.79 Å². The van der Waals surface area contributed by atoms with E-state index in [0.29, 0.717) is 16.3 Å². The Labute approximate surface area is 137 Å². The monoisotopic (exact) mass is 409 g/mol. The third-order valence-corrected chi connectivity index (χ3v) is 5.06. The van der Waals surface area contributed by atoms with Crippen molar-refractivity contribution < 1.29 is 14.6 Å². The predicted molar refractivity (Wildman–Crippen MR) is 86.5 cm³/mol. The number of carbonyl (C=O) groups is 1. The van der Waals surface area contributed by atoms with Gasteiger partial charge in [0.25, 0.3) is 5.91 Å². The Hall–Kier alpha value is -0.530. The summed E-state index contributed by atoms with van der Waals surface area (Å²) in [6.45, 7) is 0. The van der Waals surface area contributed by atoms with E-state index in [9.17, 15) is 9.90 Å². The van der Waals surface area contributed by atoms with Gasteiger partial charge in [-0.15, -0.1) is 0 Å². The fourth-order valence-corrected chi connectivity index (χ4v) is 3.00. The third kappa shape index (κ3) is 3.56. The lowest BCUT2D eigenvalue weighted by Crippen LogP contribution is -2.45. The summed E-state index contributed by atoms with van der Waals surface area (Å²) >= 11 is 8.15. The Morgan fingerprint density at radius 2 is 2.15 bits per heavy atom. The van der Waals surface area contributed by atoms with E-state index in [1.807, 2.05) is 0 Å². The molecule has 0 radical (unpaired) electrons. The smallest absolute Gasteiger partial charge is 0.255 e. The van der Waals surface area contributed by atoms with E-state index in [2.05, 4.69) is 27.9 Å². The van der Waals surface area contributed by atoms with Crippen LogP contribution in [0, 0.1) is 3.57 Å². The van der Waals surface area contributed by atoms with Crippen LogP contribution in [0.5, 0.6) is 5.75 Å². The molecule has 0 aliphatic heterocycles. The number of amides is 1. The number of ether oxygens (including phenoxy) is 1. The SMILES string of the molecule is COc1cc(I)c(Cl)cc1C(=O)N[C@H]1CCCC[C@@H]1O. The van der Waals surface area contributed by atoms with E-state index >= 15 is 0 Å². The average Bonchev–Trinajstić information content (AvgIpc) is 2.43. The first kappa shape index (κ1) is 15.9. The third-order valence-electron chi connectivity index (χ3n) is 3.53. The molecule has 1 aromatic carbocycles. The number of hydrogen-bond acceptors (Lipinski definition) is 3. The number of hydrogen-bond donors (Lipinski definition) is 2. The number of rotatable bonds is 3. The molecule has 0 spiro atoms. The Bertz CT molecular complexity index is 509. The molecule has 110 valence electrons. The molecule has 1 aliphatic carbocycles. The molecule has 1 aliphatic rings. The summed E-state index contributed by atoms with van der Waals surface area (Å²) in [4.78, 5) is 12.3. The van der Waals surface area contributed by atoms with Crippen LogP contribution in [0.2, 0.25) is 5.02 Å². The van der Waals surface area contributed by atoms with Crippen molar-refractivity contribution in [3.8, 4) is 5.75 Å². The highest BCUT2D eigenvalue weighted by molar-refractivity contribution is 14.1. The van der Waals surface area contributed by atoms with Gasteiger partial charge in [0.05, 0.1) is 29.8 Å². The number of methoxy groups -OCH3 is 1. The molecule has 0 heterocycles. The topological polar surface area (TPSA) is 58.6 Å². The summed E-state index contributed by atoms with van der Waals surface area (Å²) in [6.07, 6.45) is 3.08. The molecular weight excluding hydrogens is 393 g/mol. The number of carbonyl (C=O) groups excluding carboxylic acids is 1. The predicted octanol–water partition coefficient (Wildman–Crippen LogP) is 2.99. The minimum absolute atomic E-state index is 0.195. The van der Waals surface area contributed by atoms with Crippen LogP contribution in [-0.2, 0) is 0 Å². The summed E-state index contributed by atoms with van der Waals surface area (Å²) in [5, 5.41) is 13.3. The standard InChI is InChI=1S/C14H17ClINO3/c1-20-13-7-10(16)9(15)6-8(13)14(19)17-11-4-2-3-5-12(11)18/h6-7,11-12,18H,2-5H2,1H3,(H,17,19)/t11-,12-/m0/s1. The van der Waals surface area contributed by atoms with Crippen molar-refractivity contribution in [3.05, 3.63) is 26.3 Å². The van der Waals surface area contributed by atoms with Crippen molar-refractivity contribution in [1.29, 1.82) is 0 Å². The summed E-state index contributed by atoms with van der Waals surface area (Å²) in [5.74, 6) is 0.229. The number of aliphatic hydroxyl groups excluding tert-OH is 1. The normalized spacial score (nSPS) is 22.4. The summed E-state index contributed by atoms with van der Waals surface area (Å²) < 4.78 is 6.06. The zero-order valence-electron chi connectivity index (χ0n) is 11.2. The van der Waals surface area contributed by atoms with Gasteiger partial charge in [0, 0.05) is 3.57 Å². The van der Waals surface area contributed by atoms with Crippen molar-refractivity contribution in [2.24, 2.45) is 0 Å². The second-order valence-corrected chi connectivity index (χ2v) is 6.47. The lowest BCUT2D eigenvalue weighted by Gasteiger charge is -2.28. The van der Waals surface area contributed by atoms with Crippen molar-refractivity contribution in [2.45, 2.75) is 37.8 Å². The first-order valence-electron chi connectivity index (χ1n) is 6.55. The molecule has 2 rings (SSSR count). The molecule has 2 atom stereocenters. The second-order valence-electron chi connectivity index (χ2n) is 4.90. The van der Waals surface area contributed by atoms with Gasteiger partial charge in [-0.25, -0.2) is 0 Å². The minimum atomic E-state index is -0.474. The van der Waals surface area contributed by atoms with Gasteiger partial charge in [0.1, 0.15) is 5.75 Å². The Balaban J connectivity index is 2.18. The largest absolute Gasteiger partial charge is 0.496 e. The first-order chi connectivity index (χ1) is 9.52. The molecule has 1 fully saturated rings. The van der Waals surface area contributed by atoms with E-state index in [1.54, 1.807) is 12.1 Å². The first-order valence-corrected chi connectivity index (χ1v) is 8.00. The molecule has 20 heavy (non-hydrogen) atoms. The number of benzene rings is 1. The molecule has 0 aromatic heterocycles. The van der Waals surface area contributed by atoms with Gasteiger partial charge in [0.15, 0.2) is 0 Å². The van der Waals surface area contributed by atoms with Crippen molar-refractivity contribution in [3.63, 3.8) is 0 Å². The lowest BCUT2D eigenvalue weighted by atomic mass is 9.92. The fraction of sp³-hybridized carbons (Fsp3) is 0.500. The van der Waals surface area contributed by atoms with E-state index in [0.717, 1.165) is 29.3 Å². The van der Waals surface area contributed by atoms with Crippen LogP contribution < -0.4 is 10.1 Å². The van der Waals surface area contributed by atoms with Crippen LogP contribution in [0.25, 0.3) is 0 Å². The maximum absolute atomic E-state index is 12.3. The summed E-state index contributed by atoms with van der Waals surface area (Å²) in [5.41, 5.74) is 0.399. The highest BCUT2D eigenvalue weighted by Crippen LogP contribution is 2.28. The minimum Gasteiger partial charge on any atom is -0.496 e. The van der Waals surface area contributed by atoms with Gasteiger partial charge in [-0.2, -0.15) is 0 Å².